The molecule has 23 heavy (non-hydrogen) atoms. The van der Waals surface area contributed by atoms with Gasteiger partial charge in [0.15, 0.2) is 0 Å². The third-order valence-electron chi connectivity index (χ3n) is 3.35. The van der Waals surface area contributed by atoms with Crippen LogP contribution in [0.3, 0.4) is 0 Å². The number of hydrogen-bond donors (Lipinski definition) is 2. The Bertz CT molecular complexity index is 594. The summed E-state index contributed by atoms with van der Waals surface area (Å²) in [6, 6.07) is 19.0. The molecule has 122 valence electrons. The Kier molecular flexibility index (Phi) is 7.46. The number of hydrogen-bond acceptors (Lipinski definition) is 3. The van der Waals surface area contributed by atoms with Crippen LogP contribution in [0, 0.1) is 0 Å². The van der Waals surface area contributed by atoms with Crippen LogP contribution in [0.4, 0.5) is 0 Å². The van der Waals surface area contributed by atoms with Crippen LogP contribution in [-0.2, 0) is 11.2 Å². The predicted molar refractivity (Wildman–Crippen MR) is 96.0 cm³/mol. The molecule has 0 saturated carbocycles. The maximum atomic E-state index is 12.2. The van der Waals surface area contributed by atoms with Crippen molar-refractivity contribution in [3.8, 4) is 0 Å². The topological polar surface area (TPSA) is 49.3 Å². The number of carbonyl (C=O) groups is 1. The molecular formula is C18H20ClNO2S. The molecule has 0 unspecified atom stereocenters. The largest absolute Gasteiger partial charge is 0.390 e. The van der Waals surface area contributed by atoms with Crippen molar-refractivity contribution in [2.24, 2.45) is 0 Å². The van der Waals surface area contributed by atoms with E-state index in [2.05, 4.69) is 5.32 Å². The van der Waals surface area contributed by atoms with Crippen molar-refractivity contribution in [1.29, 1.82) is 0 Å². The van der Waals surface area contributed by atoms with Gasteiger partial charge in [0.2, 0.25) is 5.91 Å². The molecule has 1 amide bonds. The van der Waals surface area contributed by atoms with Crippen LogP contribution in [0.25, 0.3) is 0 Å². The SMILES string of the molecule is O=C(Cc1ccccc1)N[C@@H](CSc1ccccc1)[C@H](O)CCl. The average Bonchev–Trinajstić information content (AvgIpc) is 2.59. The second-order valence-electron chi connectivity index (χ2n) is 5.18. The molecule has 0 aliphatic rings. The second-order valence-corrected chi connectivity index (χ2v) is 6.58. The first-order valence-electron chi connectivity index (χ1n) is 7.44. The Hall–Kier alpha value is -1.49. The van der Waals surface area contributed by atoms with Gasteiger partial charge < -0.3 is 10.4 Å². The first-order chi connectivity index (χ1) is 11.2. The molecule has 0 saturated heterocycles. The van der Waals surface area contributed by atoms with Crippen LogP contribution in [0.1, 0.15) is 5.56 Å². The summed E-state index contributed by atoms with van der Waals surface area (Å²) in [5, 5.41) is 12.9. The van der Waals surface area contributed by atoms with Gasteiger partial charge >= 0.3 is 0 Å². The predicted octanol–water partition coefficient (Wildman–Crippen LogP) is 3.11. The number of halogens is 1. The number of nitrogens with one attached hydrogen (secondary N) is 1. The van der Waals surface area contributed by atoms with Crippen LogP contribution in [0.2, 0.25) is 0 Å². The Morgan fingerprint density at radius 3 is 2.30 bits per heavy atom. The second kappa shape index (κ2) is 9.60. The number of amides is 1. The van der Waals surface area contributed by atoms with Gasteiger partial charge in [-0.2, -0.15) is 0 Å². The van der Waals surface area contributed by atoms with E-state index in [9.17, 15) is 9.90 Å². The van der Waals surface area contributed by atoms with Gasteiger partial charge in [-0.3, -0.25) is 4.79 Å². The molecule has 3 nitrogen and oxygen atoms in total. The molecule has 0 spiro atoms. The zero-order chi connectivity index (χ0) is 16.5. The summed E-state index contributed by atoms with van der Waals surface area (Å²) in [6.45, 7) is 0. The average molecular weight is 350 g/mol. The number of benzene rings is 2. The van der Waals surface area contributed by atoms with Crippen molar-refractivity contribution in [3.63, 3.8) is 0 Å². The highest BCUT2D eigenvalue weighted by Crippen LogP contribution is 2.19. The fraction of sp³-hybridized carbons (Fsp3) is 0.278. The van der Waals surface area contributed by atoms with Gasteiger partial charge in [0.05, 0.1) is 24.4 Å². The summed E-state index contributed by atoms with van der Waals surface area (Å²) in [6.07, 6.45) is -0.477. The first-order valence-corrected chi connectivity index (χ1v) is 8.96. The molecule has 2 rings (SSSR count). The van der Waals surface area contributed by atoms with E-state index in [-0.39, 0.29) is 17.8 Å². The maximum absolute atomic E-state index is 12.2. The number of aliphatic hydroxyl groups is 1. The fourth-order valence-corrected chi connectivity index (χ4v) is 3.34. The maximum Gasteiger partial charge on any atom is 0.224 e. The van der Waals surface area contributed by atoms with Gasteiger partial charge in [-0.1, -0.05) is 48.5 Å². The lowest BCUT2D eigenvalue weighted by molar-refractivity contribution is -0.121. The third kappa shape index (κ3) is 6.26. The normalized spacial score (nSPS) is 13.3. The minimum absolute atomic E-state index is 0.0889. The van der Waals surface area contributed by atoms with E-state index >= 15 is 0 Å². The first kappa shape index (κ1) is 17.9. The molecule has 2 aromatic rings. The highest BCUT2D eigenvalue weighted by Gasteiger charge is 2.21. The van der Waals surface area contributed by atoms with Crippen LogP contribution in [0.5, 0.6) is 0 Å². The van der Waals surface area contributed by atoms with E-state index in [0.29, 0.717) is 12.2 Å². The zero-order valence-electron chi connectivity index (χ0n) is 12.7. The van der Waals surface area contributed by atoms with Gasteiger partial charge in [0.1, 0.15) is 0 Å². The van der Waals surface area contributed by atoms with E-state index in [0.717, 1.165) is 10.5 Å². The fourth-order valence-electron chi connectivity index (χ4n) is 2.10. The summed E-state index contributed by atoms with van der Waals surface area (Å²) in [5.74, 6) is 0.545. The minimum Gasteiger partial charge on any atom is -0.390 e. The lowest BCUT2D eigenvalue weighted by atomic mass is 10.1. The summed E-state index contributed by atoms with van der Waals surface area (Å²) in [5.41, 5.74) is 0.944. The molecule has 2 N–H and O–H groups in total. The summed E-state index contributed by atoms with van der Waals surface area (Å²) < 4.78 is 0. The Labute approximate surface area is 146 Å². The number of aliphatic hydroxyl groups excluding tert-OH is 1. The van der Waals surface area contributed by atoms with E-state index in [1.54, 1.807) is 11.8 Å². The molecular weight excluding hydrogens is 330 g/mol. The number of rotatable bonds is 8. The van der Waals surface area contributed by atoms with Crippen LogP contribution < -0.4 is 5.32 Å². The van der Waals surface area contributed by atoms with Crippen molar-refractivity contribution < 1.29 is 9.90 Å². The smallest absolute Gasteiger partial charge is 0.224 e. The number of alkyl halides is 1. The van der Waals surface area contributed by atoms with E-state index < -0.39 is 6.10 Å². The van der Waals surface area contributed by atoms with E-state index in [1.807, 2.05) is 60.7 Å². The Morgan fingerprint density at radius 2 is 1.70 bits per heavy atom. The molecule has 0 heterocycles. The molecule has 0 aliphatic heterocycles. The highest BCUT2D eigenvalue weighted by atomic mass is 35.5. The number of carbonyl (C=O) groups excluding carboxylic acids is 1. The Balaban J connectivity index is 1.91. The van der Waals surface area contributed by atoms with E-state index in [4.69, 9.17) is 11.6 Å². The van der Waals surface area contributed by atoms with Crippen LogP contribution >= 0.6 is 23.4 Å². The molecule has 5 heteroatoms. The summed E-state index contributed by atoms with van der Waals surface area (Å²) in [4.78, 5) is 13.3. The molecule has 0 bridgehead atoms. The summed E-state index contributed by atoms with van der Waals surface area (Å²) in [7, 11) is 0. The monoisotopic (exact) mass is 349 g/mol. The number of thioether (sulfide) groups is 1. The van der Waals surface area contributed by atoms with Crippen molar-refractivity contribution in [2.45, 2.75) is 23.5 Å². The Morgan fingerprint density at radius 1 is 1.09 bits per heavy atom. The molecule has 0 radical (unpaired) electrons. The van der Waals surface area contributed by atoms with Gasteiger partial charge in [0.25, 0.3) is 0 Å². The minimum atomic E-state index is -0.771. The van der Waals surface area contributed by atoms with Crippen molar-refractivity contribution >= 4 is 29.3 Å². The standard InChI is InChI=1S/C18H20ClNO2S/c19-12-17(21)16(13-23-15-9-5-2-6-10-15)20-18(22)11-14-7-3-1-4-8-14/h1-10,16-17,21H,11-13H2,(H,20,22)/t16-,17+/m0/s1. The van der Waals surface area contributed by atoms with E-state index in [1.165, 1.54) is 0 Å². The molecule has 2 aromatic carbocycles. The molecule has 0 fully saturated rings. The lowest BCUT2D eigenvalue weighted by Gasteiger charge is -2.22. The quantitative estimate of drug-likeness (QED) is 0.568. The lowest BCUT2D eigenvalue weighted by Crippen LogP contribution is -2.46. The van der Waals surface area contributed by atoms with Gasteiger partial charge in [0, 0.05) is 10.6 Å². The molecule has 2 atom stereocenters. The molecule has 0 aromatic heterocycles. The summed E-state index contributed by atoms with van der Waals surface area (Å²) >= 11 is 7.35. The van der Waals surface area contributed by atoms with Crippen LogP contribution in [0.15, 0.2) is 65.6 Å². The van der Waals surface area contributed by atoms with Gasteiger partial charge in [-0.25, -0.2) is 0 Å². The van der Waals surface area contributed by atoms with Gasteiger partial charge in [-0.15, -0.1) is 23.4 Å². The van der Waals surface area contributed by atoms with Gasteiger partial charge in [-0.05, 0) is 17.7 Å². The van der Waals surface area contributed by atoms with Crippen LogP contribution in [-0.4, -0.2) is 34.8 Å². The highest BCUT2D eigenvalue weighted by molar-refractivity contribution is 7.99. The third-order valence-corrected chi connectivity index (χ3v) is 4.80. The zero-order valence-corrected chi connectivity index (χ0v) is 14.3. The van der Waals surface area contributed by atoms with Crippen molar-refractivity contribution in [2.75, 3.05) is 11.6 Å². The van der Waals surface area contributed by atoms with Crippen molar-refractivity contribution in [1.82, 2.24) is 5.32 Å². The molecule has 0 aliphatic carbocycles. The van der Waals surface area contributed by atoms with Crippen molar-refractivity contribution in [3.05, 3.63) is 66.2 Å².